The van der Waals surface area contributed by atoms with E-state index in [1.807, 2.05) is 0 Å². The lowest BCUT2D eigenvalue weighted by Gasteiger charge is -2.27. The summed E-state index contributed by atoms with van der Waals surface area (Å²) < 4.78 is 35.1. The SMILES string of the molecule is [B]C([B])([B])Oc1cc(Br)cc(OC(F)F)c1C(=O)NC1([B])C([B])([B])C1([B])[B]. The number of benzene rings is 1. The van der Waals surface area contributed by atoms with Gasteiger partial charge < -0.3 is 14.8 Å². The fourth-order valence-electron chi connectivity index (χ4n) is 2.38. The summed E-state index contributed by atoms with van der Waals surface area (Å²) in [6.45, 7) is -3.28. The van der Waals surface area contributed by atoms with Gasteiger partial charge in [-0.25, -0.2) is 0 Å². The predicted octanol–water partition coefficient (Wildman–Crippen LogP) is -0.939. The van der Waals surface area contributed by atoms with Crippen LogP contribution in [0.2, 0.25) is 10.4 Å². The third-order valence-electron chi connectivity index (χ3n) is 4.00. The van der Waals surface area contributed by atoms with E-state index in [1.165, 1.54) is 6.07 Å². The molecule has 16 radical (unpaired) electrons. The van der Waals surface area contributed by atoms with E-state index in [2.05, 4.69) is 26.0 Å². The third kappa shape index (κ3) is 3.99. The lowest BCUT2D eigenvalue weighted by molar-refractivity contribution is -0.0503. The number of rotatable bonds is 6. The highest BCUT2D eigenvalue weighted by Crippen LogP contribution is 2.74. The normalized spacial score (nSPS) is 19.3. The number of carbonyl (C=O) groups excluding carboxylic acids is 1. The summed E-state index contributed by atoms with van der Waals surface area (Å²) in [4.78, 5) is 12.7. The first-order valence-corrected chi connectivity index (χ1v) is 7.93. The monoisotopic (exact) mass is 415 g/mol. The average molecular weight is 415 g/mol. The molecule has 0 heterocycles. The van der Waals surface area contributed by atoms with Crippen molar-refractivity contribution in [3.8, 4) is 11.5 Å². The van der Waals surface area contributed by atoms with Crippen LogP contribution in [0.5, 0.6) is 11.5 Å². The fourth-order valence-corrected chi connectivity index (χ4v) is 2.80. The van der Waals surface area contributed by atoms with Gasteiger partial charge in [-0.15, -0.1) is 0 Å². The van der Waals surface area contributed by atoms with Gasteiger partial charge in [0, 0.05) is 4.47 Å². The Kier molecular flexibility index (Phi) is 5.72. The van der Waals surface area contributed by atoms with Crippen molar-refractivity contribution in [2.45, 2.75) is 27.8 Å². The Morgan fingerprint density at radius 3 is 1.96 bits per heavy atom. The van der Waals surface area contributed by atoms with E-state index in [1.54, 1.807) is 0 Å². The van der Waals surface area contributed by atoms with Gasteiger partial charge in [0.05, 0.1) is 31.4 Å². The summed E-state index contributed by atoms with van der Waals surface area (Å²) in [6, 6.07) is 2.24. The number of alkyl halides is 2. The topological polar surface area (TPSA) is 47.6 Å². The molecule has 0 atom stereocenters. The maximum Gasteiger partial charge on any atom is 0.387 e. The van der Waals surface area contributed by atoms with Crippen LogP contribution in [0.1, 0.15) is 10.4 Å². The van der Waals surface area contributed by atoms with Crippen molar-refractivity contribution >= 4 is 84.6 Å². The summed E-state index contributed by atoms with van der Waals surface area (Å²) in [5, 5.41) is -3.86. The van der Waals surface area contributed by atoms with E-state index >= 15 is 0 Å². The van der Waals surface area contributed by atoms with Gasteiger partial charge in [-0.05, 0) is 22.9 Å². The zero-order chi connectivity index (χ0) is 21.0. The molecule has 27 heavy (non-hydrogen) atoms. The maximum atomic E-state index is 12.8. The highest BCUT2D eigenvalue weighted by atomic mass is 79.9. The first-order valence-electron chi connectivity index (χ1n) is 7.14. The van der Waals surface area contributed by atoms with Crippen LogP contribution in [-0.2, 0) is 0 Å². The molecule has 2 rings (SSSR count). The summed E-state index contributed by atoms with van der Waals surface area (Å²) in [5.41, 5.74) is -2.55. The van der Waals surface area contributed by atoms with Crippen LogP contribution in [0.25, 0.3) is 0 Å². The number of ether oxygens (including phenoxy) is 2. The van der Waals surface area contributed by atoms with Crippen molar-refractivity contribution in [3.63, 3.8) is 0 Å². The van der Waals surface area contributed by atoms with Crippen LogP contribution in [0.4, 0.5) is 8.78 Å². The number of hydrogen-bond acceptors (Lipinski definition) is 3. The minimum atomic E-state index is -3.28. The number of hydrogen-bond donors (Lipinski definition) is 1. The Hall–Kier alpha value is -0.851. The van der Waals surface area contributed by atoms with Gasteiger partial charge in [0.15, 0.2) is 0 Å². The van der Waals surface area contributed by atoms with Crippen LogP contribution >= 0.6 is 15.9 Å². The van der Waals surface area contributed by atoms with Crippen LogP contribution in [0.15, 0.2) is 16.6 Å². The molecular formula is C12H4B8BrF2NO3. The average Bonchev–Trinajstić information content (AvgIpc) is 2.71. The van der Waals surface area contributed by atoms with E-state index in [-0.39, 0.29) is 4.47 Å². The first kappa shape index (κ1) is 22.4. The Balaban J connectivity index is 2.51. The van der Waals surface area contributed by atoms with Crippen molar-refractivity contribution in [1.29, 1.82) is 0 Å². The zero-order valence-corrected chi connectivity index (χ0v) is 15.3. The molecule has 1 fully saturated rings. The first-order chi connectivity index (χ1) is 12.0. The number of carbonyl (C=O) groups is 1. The fraction of sp³-hybridized carbons (Fsp3) is 0.417. The van der Waals surface area contributed by atoms with Gasteiger partial charge in [0.1, 0.15) is 48.4 Å². The smallest absolute Gasteiger partial charge is 0.387 e. The molecule has 1 aromatic carbocycles. The van der Waals surface area contributed by atoms with Crippen LogP contribution in [0, 0.1) is 0 Å². The molecule has 1 N–H and O–H groups in total. The van der Waals surface area contributed by atoms with Gasteiger partial charge >= 0.3 is 6.61 Å². The van der Waals surface area contributed by atoms with Gasteiger partial charge in [-0.3, -0.25) is 4.79 Å². The molecule has 120 valence electrons. The van der Waals surface area contributed by atoms with Crippen molar-refractivity contribution in [2.75, 3.05) is 0 Å². The van der Waals surface area contributed by atoms with E-state index in [9.17, 15) is 13.6 Å². The Bertz CT molecular complexity index is 760. The highest BCUT2D eigenvalue weighted by Gasteiger charge is 2.71. The molecule has 1 amide bonds. The second kappa shape index (κ2) is 6.89. The van der Waals surface area contributed by atoms with E-state index < -0.39 is 50.7 Å². The summed E-state index contributed by atoms with van der Waals surface area (Å²) in [6.07, 6.45) is 0. The Morgan fingerprint density at radius 2 is 1.56 bits per heavy atom. The molecule has 0 aliphatic heterocycles. The lowest BCUT2D eigenvalue weighted by atomic mass is 9.49. The molecule has 0 spiro atoms. The summed E-state index contributed by atoms with van der Waals surface area (Å²) in [5.74, 6) is -2.13. The van der Waals surface area contributed by atoms with Gasteiger partial charge in [0.25, 0.3) is 5.91 Å². The molecular weight excluding hydrogens is 411 g/mol. The minimum absolute atomic E-state index is 0.182. The van der Waals surface area contributed by atoms with Crippen LogP contribution in [-0.4, -0.2) is 86.0 Å². The Morgan fingerprint density at radius 1 is 1.07 bits per heavy atom. The zero-order valence-electron chi connectivity index (χ0n) is 13.7. The molecule has 4 nitrogen and oxygen atoms in total. The minimum Gasteiger partial charge on any atom is -0.515 e. The summed E-state index contributed by atoms with van der Waals surface area (Å²) >= 11 is 3.04. The van der Waals surface area contributed by atoms with Gasteiger partial charge in [-0.1, -0.05) is 26.4 Å². The number of halogens is 3. The molecule has 0 saturated heterocycles. The second-order valence-electron chi connectivity index (χ2n) is 6.11. The standard InChI is InChI=1S/C12H4B8BrF2NO3/c13-9(14)10(15,16)11(9,17)24-7(25)6-4(26-8(22)23)1-3(21)2-5(6)27-12(18,19)20/h1-2,8H,(H,24,25). The highest BCUT2D eigenvalue weighted by molar-refractivity contribution is 9.10. The second-order valence-corrected chi connectivity index (χ2v) is 7.03. The molecule has 1 aliphatic carbocycles. The third-order valence-corrected chi connectivity index (χ3v) is 4.46. The van der Waals surface area contributed by atoms with E-state index in [0.29, 0.717) is 0 Å². The summed E-state index contributed by atoms with van der Waals surface area (Å²) in [7, 11) is 44.6. The lowest BCUT2D eigenvalue weighted by Crippen LogP contribution is -2.44. The van der Waals surface area contributed by atoms with E-state index in [4.69, 9.17) is 67.5 Å². The van der Waals surface area contributed by atoms with Gasteiger partial charge in [0.2, 0.25) is 0 Å². The van der Waals surface area contributed by atoms with E-state index in [0.717, 1.165) is 6.07 Å². The van der Waals surface area contributed by atoms with Gasteiger partial charge in [-0.2, -0.15) is 8.78 Å². The molecule has 15 heteroatoms. The van der Waals surface area contributed by atoms with Crippen molar-refractivity contribution in [1.82, 2.24) is 5.32 Å². The van der Waals surface area contributed by atoms with Crippen molar-refractivity contribution in [2.24, 2.45) is 0 Å². The van der Waals surface area contributed by atoms with Crippen LogP contribution < -0.4 is 14.8 Å². The number of amides is 1. The maximum absolute atomic E-state index is 12.8. The predicted molar refractivity (Wildman–Crippen MR) is 106 cm³/mol. The quantitative estimate of drug-likeness (QED) is 0.612. The molecule has 1 aromatic rings. The largest absolute Gasteiger partial charge is 0.515 e. The Labute approximate surface area is 174 Å². The van der Waals surface area contributed by atoms with Crippen LogP contribution in [0.3, 0.4) is 0 Å². The molecule has 0 unspecified atom stereocenters. The molecule has 1 saturated carbocycles. The van der Waals surface area contributed by atoms with Crippen molar-refractivity contribution < 1.29 is 23.0 Å². The molecule has 1 aliphatic rings. The number of nitrogens with one attached hydrogen (secondary N) is 1. The molecule has 0 bridgehead atoms. The molecule has 0 aromatic heterocycles. The van der Waals surface area contributed by atoms with Crippen molar-refractivity contribution in [3.05, 3.63) is 22.2 Å².